The molecule has 0 atom stereocenters. The predicted molar refractivity (Wildman–Crippen MR) is 162 cm³/mol. The van der Waals surface area contributed by atoms with E-state index in [0.29, 0.717) is 0 Å². The molecule has 5 nitrogen and oxygen atoms in total. The van der Waals surface area contributed by atoms with E-state index in [1.807, 2.05) is 48.7 Å². The van der Waals surface area contributed by atoms with Crippen molar-refractivity contribution >= 4 is 32.7 Å². The zero-order valence-electron chi connectivity index (χ0n) is 21.5. The molecule has 0 aliphatic carbocycles. The zero-order chi connectivity index (χ0) is 26.5. The summed E-state index contributed by atoms with van der Waals surface area (Å²) in [5.41, 5.74) is 7.40. The van der Waals surface area contributed by atoms with Crippen LogP contribution in [0.3, 0.4) is 0 Å². The maximum Gasteiger partial charge on any atom is 0.168 e. The van der Waals surface area contributed by atoms with Gasteiger partial charge in [0.05, 0.1) is 22.2 Å². The third-order valence-corrected chi connectivity index (χ3v) is 7.53. The van der Waals surface area contributed by atoms with Gasteiger partial charge in [0.1, 0.15) is 0 Å². The molecule has 0 saturated heterocycles. The number of rotatable bonds is 4. The molecule has 0 bridgehead atoms. The summed E-state index contributed by atoms with van der Waals surface area (Å²) in [4.78, 5) is 4.59. The molecule has 40 heavy (non-hydrogen) atoms. The van der Waals surface area contributed by atoms with Crippen molar-refractivity contribution in [2.45, 2.75) is 0 Å². The molecule has 0 unspecified atom stereocenters. The first-order valence-electron chi connectivity index (χ1n) is 13.3. The SMILES string of the molecule is c1ccc(-c2nnc(-c3ccc(-n4c5ccccc5c5ccccc54)cc3)n2-c2ccnc3ccccc23)cc1. The lowest BCUT2D eigenvalue weighted by atomic mass is 10.1. The van der Waals surface area contributed by atoms with E-state index >= 15 is 0 Å². The number of benzene rings is 5. The fourth-order valence-corrected chi connectivity index (χ4v) is 5.71. The summed E-state index contributed by atoms with van der Waals surface area (Å²) in [5, 5.41) is 13.0. The molecule has 188 valence electrons. The van der Waals surface area contributed by atoms with Crippen LogP contribution in [0.5, 0.6) is 0 Å². The van der Waals surface area contributed by atoms with Gasteiger partial charge in [0, 0.05) is 39.2 Å². The third-order valence-electron chi connectivity index (χ3n) is 7.53. The van der Waals surface area contributed by atoms with Gasteiger partial charge in [-0.25, -0.2) is 0 Å². The highest BCUT2D eigenvalue weighted by Crippen LogP contribution is 2.34. The Kier molecular flexibility index (Phi) is 5.07. The summed E-state index contributed by atoms with van der Waals surface area (Å²) in [6.07, 6.45) is 1.85. The summed E-state index contributed by atoms with van der Waals surface area (Å²) in [6, 6.07) is 46.2. The number of hydrogen-bond acceptors (Lipinski definition) is 3. The second-order valence-corrected chi connectivity index (χ2v) is 9.81. The van der Waals surface area contributed by atoms with E-state index in [9.17, 15) is 0 Å². The van der Waals surface area contributed by atoms with Crippen molar-refractivity contribution in [2.75, 3.05) is 0 Å². The minimum absolute atomic E-state index is 0.781. The quantitative estimate of drug-likeness (QED) is 0.238. The monoisotopic (exact) mass is 513 g/mol. The molecule has 0 fully saturated rings. The maximum atomic E-state index is 4.72. The van der Waals surface area contributed by atoms with Gasteiger partial charge in [0.25, 0.3) is 0 Å². The van der Waals surface area contributed by atoms with Crippen LogP contribution in [-0.2, 0) is 0 Å². The van der Waals surface area contributed by atoms with E-state index in [1.165, 1.54) is 21.8 Å². The van der Waals surface area contributed by atoms with Crippen LogP contribution in [0, 0.1) is 0 Å². The fraction of sp³-hybridized carbons (Fsp3) is 0. The van der Waals surface area contributed by atoms with Crippen LogP contribution >= 0.6 is 0 Å². The summed E-state index contributed by atoms with van der Waals surface area (Å²) in [6.45, 7) is 0. The Bertz CT molecular complexity index is 2100. The standard InChI is InChI=1S/C35H23N5/c1-2-10-24(11-3-1)34-37-38-35(40(34)33-22-23-36-30-15-7-4-14-29(30)33)25-18-20-26(21-19-25)39-31-16-8-5-12-27(31)28-13-6-9-17-32(28)39/h1-23H. The number of para-hydroxylation sites is 3. The molecule has 5 heteroatoms. The third kappa shape index (κ3) is 3.45. The van der Waals surface area contributed by atoms with Crippen LogP contribution in [0.4, 0.5) is 0 Å². The highest BCUT2D eigenvalue weighted by atomic mass is 15.3. The smallest absolute Gasteiger partial charge is 0.168 e. The minimum Gasteiger partial charge on any atom is -0.309 e. The van der Waals surface area contributed by atoms with Crippen molar-refractivity contribution in [1.82, 2.24) is 24.3 Å². The molecule has 0 spiro atoms. The average Bonchev–Trinajstić information content (AvgIpc) is 3.61. The molecule has 8 aromatic rings. The highest BCUT2D eigenvalue weighted by molar-refractivity contribution is 6.09. The van der Waals surface area contributed by atoms with Gasteiger partial charge in [-0.3, -0.25) is 9.55 Å². The largest absolute Gasteiger partial charge is 0.309 e. The lowest BCUT2D eigenvalue weighted by Crippen LogP contribution is -2.02. The molecule has 0 N–H and O–H groups in total. The van der Waals surface area contributed by atoms with Gasteiger partial charge < -0.3 is 4.57 Å². The van der Waals surface area contributed by atoms with Crippen LogP contribution in [0.1, 0.15) is 0 Å². The topological polar surface area (TPSA) is 48.5 Å². The number of fused-ring (bicyclic) bond motifs is 4. The highest BCUT2D eigenvalue weighted by Gasteiger charge is 2.19. The first kappa shape index (κ1) is 22.4. The summed E-state index contributed by atoms with van der Waals surface area (Å²) >= 11 is 0. The molecule has 3 heterocycles. The van der Waals surface area contributed by atoms with Gasteiger partial charge in [-0.15, -0.1) is 10.2 Å². The van der Waals surface area contributed by atoms with Crippen LogP contribution in [0.25, 0.3) is 66.9 Å². The van der Waals surface area contributed by atoms with Crippen molar-refractivity contribution in [3.63, 3.8) is 0 Å². The molecule has 0 amide bonds. The molecular formula is C35H23N5. The Labute approximate surface area is 230 Å². The Morgan fingerprint density at radius 3 is 1.65 bits per heavy atom. The van der Waals surface area contributed by atoms with Crippen molar-refractivity contribution in [1.29, 1.82) is 0 Å². The average molecular weight is 514 g/mol. The Morgan fingerprint density at radius 2 is 0.975 bits per heavy atom. The van der Waals surface area contributed by atoms with Gasteiger partial charge in [0.2, 0.25) is 0 Å². The van der Waals surface area contributed by atoms with Crippen LogP contribution in [-0.4, -0.2) is 24.3 Å². The fourth-order valence-electron chi connectivity index (χ4n) is 5.71. The van der Waals surface area contributed by atoms with Crippen molar-refractivity contribution in [3.8, 4) is 34.2 Å². The van der Waals surface area contributed by atoms with Gasteiger partial charge in [0.15, 0.2) is 11.6 Å². The predicted octanol–water partition coefficient (Wildman–Crippen LogP) is 8.25. The molecule has 0 aliphatic heterocycles. The van der Waals surface area contributed by atoms with Gasteiger partial charge in [-0.2, -0.15) is 0 Å². The number of aromatic nitrogens is 5. The maximum absolute atomic E-state index is 4.72. The van der Waals surface area contributed by atoms with E-state index in [2.05, 4.69) is 110 Å². The first-order valence-corrected chi connectivity index (χ1v) is 13.3. The van der Waals surface area contributed by atoms with Crippen LogP contribution in [0.2, 0.25) is 0 Å². The van der Waals surface area contributed by atoms with Gasteiger partial charge in [-0.1, -0.05) is 84.9 Å². The molecular weight excluding hydrogens is 490 g/mol. The summed E-state index contributed by atoms with van der Waals surface area (Å²) < 4.78 is 4.47. The van der Waals surface area contributed by atoms with Crippen LogP contribution < -0.4 is 0 Å². The van der Waals surface area contributed by atoms with E-state index in [0.717, 1.165) is 45.1 Å². The Morgan fingerprint density at radius 1 is 0.425 bits per heavy atom. The van der Waals surface area contributed by atoms with Crippen molar-refractivity contribution < 1.29 is 0 Å². The van der Waals surface area contributed by atoms with Crippen molar-refractivity contribution in [3.05, 3.63) is 140 Å². The molecule has 5 aromatic carbocycles. The first-order chi connectivity index (χ1) is 19.9. The normalized spacial score (nSPS) is 11.5. The summed E-state index contributed by atoms with van der Waals surface area (Å²) in [7, 11) is 0. The second kappa shape index (κ2) is 9.03. The van der Waals surface area contributed by atoms with Crippen molar-refractivity contribution in [2.24, 2.45) is 0 Å². The molecule has 3 aromatic heterocycles. The number of nitrogens with zero attached hydrogens (tertiary/aromatic N) is 5. The molecule has 0 saturated carbocycles. The molecule has 0 radical (unpaired) electrons. The van der Waals surface area contributed by atoms with Gasteiger partial charge in [-0.05, 0) is 48.5 Å². The minimum atomic E-state index is 0.781. The molecule has 0 aliphatic rings. The lowest BCUT2D eigenvalue weighted by Gasteiger charge is -2.14. The van der Waals surface area contributed by atoms with E-state index in [1.54, 1.807) is 0 Å². The lowest BCUT2D eigenvalue weighted by molar-refractivity contribution is 1.08. The zero-order valence-corrected chi connectivity index (χ0v) is 21.5. The van der Waals surface area contributed by atoms with Gasteiger partial charge >= 0.3 is 0 Å². The Hall–Kier alpha value is -5.55. The van der Waals surface area contributed by atoms with E-state index < -0.39 is 0 Å². The van der Waals surface area contributed by atoms with E-state index in [-0.39, 0.29) is 0 Å². The summed E-state index contributed by atoms with van der Waals surface area (Å²) in [5.74, 6) is 1.57. The van der Waals surface area contributed by atoms with Crippen LogP contribution in [0.15, 0.2) is 140 Å². The molecule has 8 rings (SSSR count). The second-order valence-electron chi connectivity index (χ2n) is 9.81. The number of hydrogen-bond donors (Lipinski definition) is 0. The number of pyridine rings is 1. The van der Waals surface area contributed by atoms with E-state index in [4.69, 9.17) is 5.10 Å². The Balaban J connectivity index is 1.32.